The molecule has 1 aliphatic carbocycles. The lowest BCUT2D eigenvalue weighted by Crippen LogP contribution is -2.43. The maximum atomic E-state index is 12.2. The molecule has 0 unspecified atom stereocenters. The molecule has 0 spiro atoms. The second-order valence-corrected chi connectivity index (χ2v) is 7.07. The monoisotopic (exact) mass is 331 g/mol. The van der Waals surface area contributed by atoms with Crippen LogP contribution in [-0.2, 0) is 11.3 Å². The predicted octanol–water partition coefficient (Wildman–Crippen LogP) is 2.00. The van der Waals surface area contributed by atoms with Crippen LogP contribution in [-0.4, -0.2) is 51.8 Å². The molecule has 0 aromatic carbocycles. The topological polar surface area (TPSA) is 63.1 Å². The molecule has 2 aliphatic rings. The number of hydrogen-bond acceptors (Lipinski definition) is 4. The Bertz CT molecular complexity index is 540. The number of aromatic nitrogens is 3. The molecule has 0 saturated carbocycles. The maximum Gasteiger partial charge on any atom is 0.234 e. The molecule has 1 atom stereocenters. The first-order valence-corrected chi connectivity index (χ1v) is 9.29. The van der Waals surface area contributed by atoms with E-state index in [0.717, 1.165) is 39.0 Å². The second kappa shape index (κ2) is 8.97. The number of likely N-dealkylation sites (tertiary alicyclic amines) is 1. The molecular formula is C18H29N5O. The predicted molar refractivity (Wildman–Crippen MR) is 93.4 cm³/mol. The van der Waals surface area contributed by atoms with Crippen molar-refractivity contribution in [3.63, 3.8) is 0 Å². The lowest BCUT2D eigenvalue weighted by atomic mass is 9.97. The number of nitrogens with one attached hydrogen (secondary N) is 1. The van der Waals surface area contributed by atoms with Crippen LogP contribution in [0.15, 0.2) is 24.3 Å². The van der Waals surface area contributed by atoms with Crippen LogP contribution in [0.1, 0.15) is 44.9 Å². The van der Waals surface area contributed by atoms with Crippen LogP contribution < -0.4 is 5.32 Å². The Balaban J connectivity index is 1.35. The zero-order chi connectivity index (χ0) is 16.6. The van der Waals surface area contributed by atoms with E-state index >= 15 is 0 Å². The zero-order valence-electron chi connectivity index (χ0n) is 14.5. The summed E-state index contributed by atoms with van der Waals surface area (Å²) in [5.74, 6) is 0.716. The van der Waals surface area contributed by atoms with Crippen molar-refractivity contribution in [3.05, 3.63) is 24.3 Å². The van der Waals surface area contributed by atoms with Gasteiger partial charge >= 0.3 is 0 Å². The van der Waals surface area contributed by atoms with Crippen molar-refractivity contribution in [3.8, 4) is 0 Å². The Labute approximate surface area is 144 Å². The summed E-state index contributed by atoms with van der Waals surface area (Å²) in [6.45, 7) is 4.19. The largest absolute Gasteiger partial charge is 0.355 e. The summed E-state index contributed by atoms with van der Waals surface area (Å²) in [6, 6.07) is 0. The van der Waals surface area contributed by atoms with Gasteiger partial charge in [0.05, 0.1) is 6.54 Å². The minimum absolute atomic E-state index is 0.160. The van der Waals surface area contributed by atoms with Crippen LogP contribution in [0.5, 0.6) is 0 Å². The zero-order valence-corrected chi connectivity index (χ0v) is 14.5. The average molecular weight is 331 g/mol. The lowest BCUT2D eigenvalue weighted by molar-refractivity contribution is -0.122. The summed E-state index contributed by atoms with van der Waals surface area (Å²) in [5.41, 5.74) is 1.52. The molecule has 1 aromatic rings. The first kappa shape index (κ1) is 17.1. The Morgan fingerprint density at radius 2 is 2.29 bits per heavy atom. The summed E-state index contributed by atoms with van der Waals surface area (Å²) in [7, 11) is 0. The summed E-state index contributed by atoms with van der Waals surface area (Å²) in [6.07, 6.45) is 14.1. The molecule has 24 heavy (non-hydrogen) atoms. The number of nitrogens with zero attached hydrogens (tertiary/aromatic N) is 4. The Kier molecular flexibility index (Phi) is 6.41. The van der Waals surface area contributed by atoms with E-state index in [9.17, 15) is 4.79 Å². The van der Waals surface area contributed by atoms with Gasteiger partial charge in [0.15, 0.2) is 0 Å². The van der Waals surface area contributed by atoms with Gasteiger partial charge in [-0.2, -0.15) is 5.10 Å². The van der Waals surface area contributed by atoms with Crippen LogP contribution >= 0.6 is 0 Å². The van der Waals surface area contributed by atoms with E-state index in [2.05, 4.69) is 26.4 Å². The van der Waals surface area contributed by atoms with Crippen molar-refractivity contribution < 1.29 is 4.79 Å². The Hall–Kier alpha value is -1.69. The molecule has 132 valence electrons. The first-order valence-electron chi connectivity index (χ1n) is 9.29. The smallest absolute Gasteiger partial charge is 0.234 e. The number of carbonyl (C=O) groups excluding carboxylic acids is 1. The Morgan fingerprint density at radius 3 is 3.08 bits per heavy atom. The van der Waals surface area contributed by atoms with E-state index < -0.39 is 0 Å². The van der Waals surface area contributed by atoms with Crippen molar-refractivity contribution in [2.75, 3.05) is 26.2 Å². The fraction of sp³-hybridized carbons (Fsp3) is 0.722. The third-order valence-corrected chi connectivity index (χ3v) is 5.04. The van der Waals surface area contributed by atoms with Crippen LogP contribution in [0.3, 0.4) is 0 Å². The maximum absolute atomic E-state index is 12.2. The highest BCUT2D eigenvalue weighted by molar-refractivity contribution is 5.78. The van der Waals surface area contributed by atoms with Gasteiger partial charge < -0.3 is 5.32 Å². The molecular weight excluding hydrogens is 302 g/mol. The lowest BCUT2D eigenvalue weighted by Gasteiger charge is -2.32. The minimum Gasteiger partial charge on any atom is -0.355 e. The normalized spacial score (nSPS) is 22.2. The first-order chi connectivity index (χ1) is 11.8. The molecule has 6 heteroatoms. The van der Waals surface area contributed by atoms with E-state index in [1.807, 2.05) is 4.68 Å². The molecule has 1 fully saturated rings. The molecule has 2 heterocycles. The average Bonchev–Trinajstić information content (AvgIpc) is 3.09. The highest BCUT2D eigenvalue weighted by atomic mass is 16.2. The van der Waals surface area contributed by atoms with E-state index in [1.54, 1.807) is 12.7 Å². The third kappa shape index (κ3) is 5.44. The van der Waals surface area contributed by atoms with Crippen molar-refractivity contribution in [1.82, 2.24) is 25.0 Å². The summed E-state index contributed by atoms with van der Waals surface area (Å²) in [4.78, 5) is 18.5. The van der Waals surface area contributed by atoms with Crippen LogP contribution in [0, 0.1) is 5.92 Å². The van der Waals surface area contributed by atoms with Gasteiger partial charge in [0.1, 0.15) is 12.7 Å². The molecule has 1 amide bonds. The molecule has 0 radical (unpaired) electrons. The highest BCUT2D eigenvalue weighted by Gasteiger charge is 2.22. The van der Waals surface area contributed by atoms with Gasteiger partial charge in [0.25, 0.3) is 0 Å². The molecule has 1 aliphatic heterocycles. The summed E-state index contributed by atoms with van der Waals surface area (Å²) in [5, 5.41) is 7.27. The number of allylic oxidation sites excluding steroid dienone is 1. The van der Waals surface area contributed by atoms with Gasteiger partial charge in [-0.05, 0) is 57.4 Å². The SMILES string of the molecule is O=C(CN1CCC[C@@H](Cn2cncn2)C1)NCCC1=CCCCC1. The molecule has 1 aromatic heterocycles. The van der Waals surface area contributed by atoms with Crippen LogP contribution in [0.25, 0.3) is 0 Å². The number of hydrogen-bond donors (Lipinski definition) is 1. The van der Waals surface area contributed by atoms with Gasteiger partial charge in [0, 0.05) is 19.6 Å². The van der Waals surface area contributed by atoms with E-state index in [4.69, 9.17) is 0 Å². The second-order valence-electron chi connectivity index (χ2n) is 7.07. The molecule has 6 nitrogen and oxygen atoms in total. The number of rotatable bonds is 7. The van der Waals surface area contributed by atoms with Crippen LogP contribution in [0.2, 0.25) is 0 Å². The van der Waals surface area contributed by atoms with Crippen LogP contribution in [0.4, 0.5) is 0 Å². The van der Waals surface area contributed by atoms with Crippen molar-refractivity contribution in [2.24, 2.45) is 5.92 Å². The van der Waals surface area contributed by atoms with Gasteiger partial charge in [-0.1, -0.05) is 11.6 Å². The standard InChI is InChI=1S/C18H29N5O/c24-18(20-9-8-16-5-2-1-3-6-16)13-22-10-4-7-17(11-22)12-23-15-19-14-21-23/h5,14-15,17H,1-4,6-13H2,(H,20,24)/t17-/m1/s1. The van der Waals surface area contributed by atoms with Gasteiger partial charge in [-0.25, -0.2) is 4.98 Å². The van der Waals surface area contributed by atoms with Crippen molar-refractivity contribution in [2.45, 2.75) is 51.5 Å². The fourth-order valence-corrected chi connectivity index (χ4v) is 3.79. The van der Waals surface area contributed by atoms with Gasteiger partial charge in [0.2, 0.25) is 5.91 Å². The highest BCUT2D eigenvalue weighted by Crippen LogP contribution is 2.19. The third-order valence-electron chi connectivity index (χ3n) is 5.04. The van der Waals surface area contributed by atoms with E-state index in [0.29, 0.717) is 12.5 Å². The minimum atomic E-state index is 0.160. The molecule has 3 rings (SSSR count). The fourth-order valence-electron chi connectivity index (χ4n) is 3.79. The summed E-state index contributed by atoms with van der Waals surface area (Å²) < 4.78 is 1.89. The molecule has 0 bridgehead atoms. The molecule has 1 saturated heterocycles. The number of piperidine rings is 1. The van der Waals surface area contributed by atoms with Gasteiger partial charge in [-0.15, -0.1) is 0 Å². The quantitative estimate of drug-likeness (QED) is 0.776. The number of amides is 1. The van der Waals surface area contributed by atoms with Crippen molar-refractivity contribution >= 4 is 5.91 Å². The van der Waals surface area contributed by atoms with Crippen molar-refractivity contribution in [1.29, 1.82) is 0 Å². The Morgan fingerprint density at radius 1 is 1.33 bits per heavy atom. The summed E-state index contributed by atoms with van der Waals surface area (Å²) >= 11 is 0. The number of carbonyl (C=O) groups is 1. The van der Waals surface area contributed by atoms with E-state index in [-0.39, 0.29) is 5.91 Å². The molecule has 1 N–H and O–H groups in total. The van der Waals surface area contributed by atoms with E-state index in [1.165, 1.54) is 37.7 Å². The van der Waals surface area contributed by atoms with Gasteiger partial charge in [-0.3, -0.25) is 14.4 Å².